The molecule has 0 aliphatic rings. The summed E-state index contributed by atoms with van der Waals surface area (Å²) in [7, 11) is 0. The zero-order chi connectivity index (χ0) is 15.9. The van der Waals surface area contributed by atoms with Gasteiger partial charge in [0.05, 0.1) is 22.3 Å². The number of amides is 1. The van der Waals surface area contributed by atoms with E-state index < -0.39 is 4.92 Å². The van der Waals surface area contributed by atoms with Crippen LogP contribution in [0, 0.1) is 21.4 Å². The molecule has 0 spiro atoms. The van der Waals surface area contributed by atoms with Gasteiger partial charge in [0, 0.05) is 22.7 Å². The topological polar surface area (TPSA) is 96.0 Å². The number of nitrogens with zero attached hydrogens (tertiary/aromatic N) is 2. The Hall–Kier alpha value is -2.85. The average Bonchev–Trinajstić information content (AvgIpc) is 2.53. The van der Waals surface area contributed by atoms with Gasteiger partial charge in [-0.3, -0.25) is 14.9 Å². The highest BCUT2D eigenvalue weighted by molar-refractivity contribution is 7.99. The summed E-state index contributed by atoms with van der Waals surface area (Å²) in [6.07, 6.45) is 0. The Kier molecular flexibility index (Phi) is 5.11. The maximum atomic E-state index is 12.3. The van der Waals surface area contributed by atoms with E-state index in [0.717, 1.165) is 0 Å². The number of nitriles is 1. The lowest BCUT2D eigenvalue weighted by atomic mass is 10.2. The van der Waals surface area contributed by atoms with E-state index in [-0.39, 0.29) is 17.3 Å². The molecule has 0 saturated heterocycles. The number of hydrogen-bond acceptors (Lipinski definition) is 5. The van der Waals surface area contributed by atoms with Crippen LogP contribution in [0.25, 0.3) is 0 Å². The van der Waals surface area contributed by atoms with E-state index in [2.05, 4.69) is 5.32 Å². The van der Waals surface area contributed by atoms with E-state index in [9.17, 15) is 14.9 Å². The first kappa shape index (κ1) is 15.5. The molecular weight excluding hydrogens is 302 g/mol. The van der Waals surface area contributed by atoms with Crippen molar-refractivity contribution < 1.29 is 9.72 Å². The van der Waals surface area contributed by atoms with Gasteiger partial charge < -0.3 is 5.32 Å². The van der Waals surface area contributed by atoms with Crippen molar-refractivity contribution in [1.29, 1.82) is 5.26 Å². The van der Waals surface area contributed by atoms with Crippen LogP contribution in [0.5, 0.6) is 0 Å². The van der Waals surface area contributed by atoms with Crippen molar-refractivity contribution in [1.82, 2.24) is 0 Å². The van der Waals surface area contributed by atoms with Gasteiger partial charge in [-0.2, -0.15) is 5.26 Å². The normalized spacial score (nSPS) is 9.77. The second kappa shape index (κ2) is 7.24. The van der Waals surface area contributed by atoms with Crippen LogP contribution in [0.15, 0.2) is 53.4 Å². The Morgan fingerprint density at radius 2 is 2.05 bits per heavy atom. The fourth-order valence-corrected chi connectivity index (χ4v) is 2.50. The van der Waals surface area contributed by atoms with Crippen LogP contribution in [-0.4, -0.2) is 16.6 Å². The van der Waals surface area contributed by atoms with Gasteiger partial charge >= 0.3 is 0 Å². The fraction of sp³-hybridized carbons (Fsp3) is 0.0667. The summed E-state index contributed by atoms with van der Waals surface area (Å²) in [6, 6.07) is 14.6. The third-order valence-electron chi connectivity index (χ3n) is 2.74. The summed E-state index contributed by atoms with van der Waals surface area (Å²) < 4.78 is 0. The molecule has 2 aromatic rings. The summed E-state index contributed by atoms with van der Waals surface area (Å²) in [5.41, 5.74) is 0.679. The van der Waals surface area contributed by atoms with Crippen LogP contribution in [0.4, 0.5) is 11.4 Å². The zero-order valence-electron chi connectivity index (χ0n) is 11.4. The van der Waals surface area contributed by atoms with Gasteiger partial charge in [0.2, 0.25) is 0 Å². The van der Waals surface area contributed by atoms with Gasteiger partial charge in [-0.15, -0.1) is 11.8 Å². The summed E-state index contributed by atoms with van der Waals surface area (Å²) in [4.78, 5) is 23.2. The number of anilines is 1. The largest absolute Gasteiger partial charge is 0.322 e. The molecule has 110 valence electrons. The fourth-order valence-electron chi connectivity index (χ4n) is 1.79. The molecule has 2 rings (SSSR count). The maximum Gasteiger partial charge on any atom is 0.271 e. The minimum absolute atomic E-state index is 0.0926. The predicted octanol–water partition coefficient (Wildman–Crippen LogP) is 3.46. The smallest absolute Gasteiger partial charge is 0.271 e. The lowest BCUT2D eigenvalue weighted by Gasteiger charge is -2.08. The highest BCUT2D eigenvalue weighted by Gasteiger charge is 2.13. The lowest BCUT2D eigenvalue weighted by molar-refractivity contribution is -0.384. The molecule has 0 heterocycles. The standard InChI is InChI=1S/C15H11N3O3S/c16-8-9-22-14-7-2-1-6-13(14)15(19)17-11-4-3-5-12(10-11)18(20)21/h1-7,10H,9H2,(H,17,19). The molecule has 0 radical (unpaired) electrons. The van der Waals surface area contributed by atoms with Gasteiger partial charge in [0.25, 0.3) is 11.6 Å². The molecular formula is C15H11N3O3S. The van der Waals surface area contributed by atoms with Crippen LogP contribution < -0.4 is 5.32 Å². The molecule has 1 amide bonds. The predicted molar refractivity (Wildman–Crippen MR) is 83.8 cm³/mol. The molecule has 6 nitrogen and oxygen atoms in total. The second-order valence-corrected chi connectivity index (χ2v) is 5.22. The maximum absolute atomic E-state index is 12.3. The minimum atomic E-state index is -0.521. The van der Waals surface area contributed by atoms with Crippen molar-refractivity contribution in [2.75, 3.05) is 11.1 Å². The van der Waals surface area contributed by atoms with Crippen LogP contribution in [-0.2, 0) is 0 Å². The van der Waals surface area contributed by atoms with Crippen LogP contribution in [0.3, 0.4) is 0 Å². The third-order valence-corrected chi connectivity index (χ3v) is 3.68. The number of nitro benzene ring substituents is 1. The molecule has 0 aromatic heterocycles. The van der Waals surface area contributed by atoms with E-state index >= 15 is 0 Å². The summed E-state index contributed by atoms with van der Waals surface area (Å²) in [6.45, 7) is 0. The SMILES string of the molecule is N#CCSc1ccccc1C(=O)Nc1cccc([N+](=O)[O-])c1. The van der Waals surface area contributed by atoms with Gasteiger partial charge in [-0.1, -0.05) is 18.2 Å². The van der Waals surface area contributed by atoms with Gasteiger partial charge in [0.1, 0.15) is 0 Å². The molecule has 0 unspecified atom stereocenters. The molecule has 0 saturated carbocycles. The quantitative estimate of drug-likeness (QED) is 0.518. The molecule has 1 N–H and O–H groups in total. The highest BCUT2D eigenvalue weighted by atomic mass is 32.2. The van der Waals surface area contributed by atoms with Crippen LogP contribution in [0.2, 0.25) is 0 Å². The van der Waals surface area contributed by atoms with Crippen molar-refractivity contribution in [3.8, 4) is 6.07 Å². The Bertz CT molecular complexity index is 756. The summed E-state index contributed by atoms with van der Waals surface area (Å²) >= 11 is 1.26. The van der Waals surface area contributed by atoms with Crippen molar-refractivity contribution in [2.24, 2.45) is 0 Å². The van der Waals surface area contributed by atoms with E-state index in [1.807, 2.05) is 6.07 Å². The third kappa shape index (κ3) is 3.84. The summed E-state index contributed by atoms with van der Waals surface area (Å²) in [5.74, 6) is -0.136. The highest BCUT2D eigenvalue weighted by Crippen LogP contribution is 2.24. The van der Waals surface area contributed by atoms with E-state index in [4.69, 9.17) is 5.26 Å². The van der Waals surface area contributed by atoms with Gasteiger partial charge in [-0.25, -0.2) is 0 Å². The summed E-state index contributed by atoms with van der Waals surface area (Å²) in [5, 5.41) is 22.0. The molecule has 0 fully saturated rings. The van der Waals surface area contributed by atoms with E-state index in [0.29, 0.717) is 16.1 Å². The lowest BCUT2D eigenvalue weighted by Crippen LogP contribution is -2.13. The molecule has 2 aromatic carbocycles. The van der Waals surface area contributed by atoms with Crippen molar-refractivity contribution >= 4 is 29.0 Å². The number of non-ortho nitro benzene ring substituents is 1. The number of thioether (sulfide) groups is 1. The number of carbonyl (C=O) groups excluding carboxylic acids is 1. The van der Waals surface area contributed by atoms with Crippen molar-refractivity contribution in [3.63, 3.8) is 0 Å². The van der Waals surface area contributed by atoms with Crippen LogP contribution in [0.1, 0.15) is 10.4 Å². The Morgan fingerprint density at radius 1 is 1.27 bits per heavy atom. The van der Waals surface area contributed by atoms with Gasteiger partial charge in [-0.05, 0) is 18.2 Å². The van der Waals surface area contributed by atoms with Crippen LogP contribution >= 0.6 is 11.8 Å². The molecule has 0 bridgehead atoms. The molecule has 7 heteroatoms. The van der Waals surface area contributed by atoms with Crippen molar-refractivity contribution in [2.45, 2.75) is 4.90 Å². The number of nitro groups is 1. The molecule has 0 aliphatic heterocycles. The minimum Gasteiger partial charge on any atom is -0.322 e. The van der Waals surface area contributed by atoms with Gasteiger partial charge in [0.15, 0.2) is 0 Å². The zero-order valence-corrected chi connectivity index (χ0v) is 12.2. The first-order chi connectivity index (χ1) is 10.6. The monoisotopic (exact) mass is 313 g/mol. The Morgan fingerprint density at radius 3 is 2.77 bits per heavy atom. The number of nitrogens with one attached hydrogen (secondary N) is 1. The Balaban J connectivity index is 2.21. The molecule has 22 heavy (non-hydrogen) atoms. The first-order valence-corrected chi connectivity index (χ1v) is 7.25. The van der Waals surface area contributed by atoms with Crippen molar-refractivity contribution in [3.05, 3.63) is 64.2 Å². The van der Waals surface area contributed by atoms with E-state index in [1.54, 1.807) is 30.3 Å². The Labute approximate surface area is 130 Å². The first-order valence-electron chi connectivity index (χ1n) is 6.26. The van der Waals surface area contributed by atoms with E-state index in [1.165, 1.54) is 30.0 Å². The number of benzene rings is 2. The second-order valence-electron chi connectivity index (χ2n) is 4.20. The number of rotatable bonds is 5. The average molecular weight is 313 g/mol. The molecule has 0 atom stereocenters. The molecule has 0 aliphatic carbocycles. The number of hydrogen-bond donors (Lipinski definition) is 1. The number of carbonyl (C=O) groups is 1.